The average Bonchev–Trinajstić information content (AvgIpc) is 2.92. The van der Waals surface area contributed by atoms with Crippen molar-refractivity contribution in [3.63, 3.8) is 0 Å². The van der Waals surface area contributed by atoms with Gasteiger partial charge in [0.05, 0.1) is 5.39 Å². The summed E-state index contributed by atoms with van der Waals surface area (Å²) in [5, 5.41) is 6.17. The Kier molecular flexibility index (Phi) is 4.02. The predicted molar refractivity (Wildman–Crippen MR) is 90.5 cm³/mol. The van der Waals surface area contributed by atoms with E-state index in [1.165, 1.54) is 0 Å². The van der Waals surface area contributed by atoms with Gasteiger partial charge in [0.25, 0.3) is 0 Å². The lowest BCUT2D eigenvalue weighted by Gasteiger charge is -2.07. The molecule has 0 unspecified atom stereocenters. The van der Waals surface area contributed by atoms with E-state index in [2.05, 4.69) is 37.9 Å². The fourth-order valence-electron chi connectivity index (χ4n) is 1.86. The van der Waals surface area contributed by atoms with Crippen LogP contribution in [-0.4, -0.2) is 17.0 Å². The normalized spacial score (nSPS) is 10.7. The molecule has 0 saturated carbocycles. The Morgan fingerprint density at radius 1 is 1.30 bits per heavy atom. The van der Waals surface area contributed by atoms with E-state index in [4.69, 9.17) is 4.74 Å². The number of hydrogen-bond acceptors (Lipinski definition) is 5. The maximum atomic E-state index is 5.74. The Balaban J connectivity index is 1.83. The monoisotopic (exact) mass is 397 g/mol. The van der Waals surface area contributed by atoms with Gasteiger partial charge in [-0.3, -0.25) is 0 Å². The molecule has 0 aliphatic heterocycles. The third-order valence-electron chi connectivity index (χ3n) is 2.77. The minimum absolute atomic E-state index is 0.364. The Bertz CT molecular complexity index is 744. The maximum Gasteiger partial charge on any atom is 0.169 e. The number of benzene rings is 1. The number of ether oxygens (including phenoxy) is 1. The zero-order chi connectivity index (χ0) is 13.9. The van der Waals surface area contributed by atoms with E-state index in [1.54, 1.807) is 11.3 Å². The number of thiophene rings is 1. The van der Waals surface area contributed by atoms with E-state index in [0.29, 0.717) is 12.4 Å². The summed E-state index contributed by atoms with van der Waals surface area (Å²) in [7, 11) is 1.86. The minimum Gasteiger partial charge on any atom is -0.486 e. The fourth-order valence-corrected chi connectivity index (χ4v) is 3.16. The van der Waals surface area contributed by atoms with Crippen LogP contribution in [0.3, 0.4) is 0 Å². The second-order valence-electron chi connectivity index (χ2n) is 4.12. The standard InChI is InChI=1S/C14H12IN3OS/c1-16-13-11-5-6-20-14(11)18-12(17-13)8-19-10-4-2-3-9(15)7-10/h2-7H,8H2,1H3,(H,16,17,18). The summed E-state index contributed by atoms with van der Waals surface area (Å²) in [6, 6.07) is 9.95. The second kappa shape index (κ2) is 5.92. The number of nitrogens with zero attached hydrogens (tertiary/aromatic N) is 2. The van der Waals surface area contributed by atoms with Crippen molar-refractivity contribution < 1.29 is 4.74 Å². The van der Waals surface area contributed by atoms with E-state index in [1.807, 2.05) is 42.8 Å². The number of aromatic nitrogens is 2. The lowest BCUT2D eigenvalue weighted by atomic mass is 10.3. The molecule has 102 valence electrons. The molecular weight excluding hydrogens is 385 g/mol. The molecule has 0 aliphatic carbocycles. The first kappa shape index (κ1) is 13.6. The summed E-state index contributed by atoms with van der Waals surface area (Å²) >= 11 is 3.87. The molecule has 2 aromatic heterocycles. The Morgan fingerprint density at radius 3 is 3.00 bits per heavy atom. The number of anilines is 1. The molecule has 1 aromatic carbocycles. The third kappa shape index (κ3) is 2.85. The Morgan fingerprint density at radius 2 is 2.20 bits per heavy atom. The van der Waals surface area contributed by atoms with Gasteiger partial charge in [0.2, 0.25) is 0 Å². The quantitative estimate of drug-likeness (QED) is 0.679. The largest absolute Gasteiger partial charge is 0.486 e. The molecule has 3 aromatic rings. The predicted octanol–water partition coefficient (Wildman–Crippen LogP) is 3.92. The molecule has 0 spiro atoms. The summed E-state index contributed by atoms with van der Waals surface area (Å²) in [5.74, 6) is 2.36. The highest BCUT2D eigenvalue weighted by molar-refractivity contribution is 14.1. The van der Waals surface area contributed by atoms with Crippen LogP contribution in [0.4, 0.5) is 5.82 Å². The van der Waals surface area contributed by atoms with Crippen molar-refractivity contribution in [1.29, 1.82) is 0 Å². The highest BCUT2D eigenvalue weighted by Crippen LogP contribution is 2.25. The van der Waals surface area contributed by atoms with E-state index in [-0.39, 0.29) is 0 Å². The van der Waals surface area contributed by atoms with Crippen LogP contribution in [0, 0.1) is 3.57 Å². The van der Waals surface area contributed by atoms with Gasteiger partial charge in [-0.2, -0.15) is 0 Å². The van der Waals surface area contributed by atoms with Gasteiger partial charge in [-0.15, -0.1) is 11.3 Å². The number of fused-ring (bicyclic) bond motifs is 1. The molecule has 0 atom stereocenters. The van der Waals surface area contributed by atoms with Crippen LogP contribution in [0.25, 0.3) is 10.2 Å². The highest BCUT2D eigenvalue weighted by Gasteiger charge is 2.08. The molecule has 0 fully saturated rings. The third-order valence-corrected chi connectivity index (χ3v) is 4.25. The van der Waals surface area contributed by atoms with E-state index < -0.39 is 0 Å². The zero-order valence-electron chi connectivity index (χ0n) is 10.8. The van der Waals surface area contributed by atoms with Crippen LogP contribution in [-0.2, 0) is 6.61 Å². The van der Waals surface area contributed by atoms with Crippen LogP contribution in [0.2, 0.25) is 0 Å². The topological polar surface area (TPSA) is 47.0 Å². The van der Waals surface area contributed by atoms with Crippen molar-refractivity contribution in [3.05, 3.63) is 45.1 Å². The van der Waals surface area contributed by atoms with Crippen molar-refractivity contribution in [2.45, 2.75) is 6.61 Å². The van der Waals surface area contributed by atoms with Gasteiger partial charge in [-0.1, -0.05) is 6.07 Å². The zero-order valence-corrected chi connectivity index (χ0v) is 13.7. The van der Waals surface area contributed by atoms with Crippen LogP contribution in [0.5, 0.6) is 5.75 Å². The van der Waals surface area contributed by atoms with Crippen molar-refractivity contribution in [2.24, 2.45) is 0 Å². The molecule has 1 N–H and O–H groups in total. The maximum absolute atomic E-state index is 5.74. The number of nitrogens with one attached hydrogen (secondary N) is 1. The van der Waals surface area contributed by atoms with Crippen LogP contribution >= 0.6 is 33.9 Å². The van der Waals surface area contributed by atoms with Gasteiger partial charge in [-0.05, 0) is 52.2 Å². The molecule has 0 bridgehead atoms. The smallest absolute Gasteiger partial charge is 0.169 e. The van der Waals surface area contributed by atoms with Gasteiger partial charge in [0.15, 0.2) is 5.82 Å². The van der Waals surface area contributed by atoms with E-state index in [9.17, 15) is 0 Å². The molecule has 6 heteroatoms. The van der Waals surface area contributed by atoms with Crippen molar-refractivity contribution in [1.82, 2.24) is 9.97 Å². The first-order chi connectivity index (χ1) is 9.76. The summed E-state index contributed by atoms with van der Waals surface area (Å²) in [5.41, 5.74) is 0. The molecule has 0 amide bonds. The van der Waals surface area contributed by atoms with E-state index in [0.717, 1.165) is 25.4 Å². The van der Waals surface area contributed by atoms with Crippen molar-refractivity contribution in [2.75, 3.05) is 12.4 Å². The molecule has 20 heavy (non-hydrogen) atoms. The molecule has 0 radical (unpaired) electrons. The fraction of sp³-hybridized carbons (Fsp3) is 0.143. The van der Waals surface area contributed by atoms with Gasteiger partial charge in [0, 0.05) is 10.6 Å². The van der Waals surface area contributed by atoms with Crippen molar-refractivity contribution >= 4 is 50.0 Å². The van der Waals surface area contributed by atoms with Gasteiger partial charge < -0.3 is 10.1 Å². The Hall–Kier alpha value is -1.41. The lowest BCUT2D eigenvalue weighted by molar-refractivity contribution is 0.296. The Labute approximate surface area is 134 Å². The number of halogens is 1. The summed E-state index contributed by atoms with van der Waals surface area (Å²) in [6.45, 7) is 0.364. The summed E-state index contributed by atoms with van der Waals surface area (Å²) < 4.78 is 6.89. The second-order valence-corrected chi connectivity index (χ2v) is 6.26. The molecular formula is C14H12IN3OS. The first-order valence-corrected chi connectivity index (χ1v) is 8.02. The van der Waals surface area contributed by atoms with Crippen LogP contribution in [0.15, 0.2) is 35.7 Å². The van der Waals surface area contributed by atoms with Gasteiger partial charge in [-0.25, -0.2) is 9.97 Å². The number of hydrogen-bond donors (Lipinski definition) is 1. The van der Waals surface area contributed by atoms with Gasteiger partial charge in [0.1, 0.15) is 23.0 Å². The van der Waals surface area contributed by atoms with Gasteiger partial charge >= 0.3 is 0 Å². The molecule has 0 aliphatic rings. The number of rotatable bonds is 4. The molecule has 2 heterocycles. The summed E-state index contributed by atoms with van der Waals surface area (Å²) in [4.78, 5) is 9.99. The van der Waals surface area contributed by atoms with Crippen LogP contribution < -0.4 is 10.1 Å². The molecule has 3 rings (SSSR count). The molecule has 4 nitrogen and oxygen atoms in total. The average molecular weight is 397 g/mol. The summed E-state index contributed by atoms with van der Waals surface area (Å²) in [6.07, 6.45) is 0. The van der Waals surface area contributed by atoms with E-state index >= 15 is 0 Å². The first-order valence-electron chi connectivity index (χ1n) is 6.06. The SMILES string of the molecule is CNc1nc(COc2cccc(I)c2)nc2sccc12. The lowest BCUT2D eigenvalue weighted by Crippen LogP contribution is -2.04. The van der Waals surface area contributed by atoms with Crippen molar-refractivity contribution in [3.8, 4) is 5.75 Å². The minimum atomic E-state index is 0.364. The van der Waals surface area contributed by atoms with Crippen LogP contribution in [0.1, 0.15) is 5.82 Å². The molecule has 0 saturated heterocycles. The highest BCUT2D eigenvalue weighted by atomic mass is 127.